The molecule has 0 aliphatic carbocycles. The van der Waals surface area contributed by atoms with Crippen molar-refractivity contribution in [1.29, 1.82) is 0 Å². The third-order valence-corrected chi connectivity index (χ3v) is 5.37. The fraction of sp³-hybridized carbons (Fsp3) is 0.333. The van der Waals surface area contributed by atoms with Gasteiger partial charge >= 0.3 is 10.2 Å². The second kappa shape index (κ2) is 4.78. The van der Waals surface area contributed by atoms with Gasteiger partial charge in [-0.25, -0.2) is 4.98 Å². The lowest BCUT2D eigenvalue weighted by Gasteiger charge is -2.13. The maximum Gasteiger partial charge on any atom is 0.307 e. The predicted molar refractivity (Wildman–Crippen MR) is 73.5 cm³/mol. The van der Waals surface area contributed by atoms with Crippen molar-refractivity contribution in [3.8, 4) is 0 Å². The predicted octanol–water partition coefficient (Wildman–Crippen LogP) is 1.70. The van der Waals surface area contributed by atoms with Gasteiger partial charge in [0.1, 0.15) is 10.3 Å². The minimum absolute atomic E-state index is 0.104. The van der Waals surface area contributed by atoms with Crippen molar-refractivity contribution in [3.63, 3.8) is 0 Å². The summed E-state index contributed by atoms with van der Waals surface area (Å²) < 4.78 is 35.6. The topological polar surface area (TPSA) is 67.3 Å². The van der Waals surface area contributed by atoms with Crippen molar-refractivity contribution in [3.05, 3.63) is 29.3 Å². The van der Waals surface area contributed by atoms with Gasteiger partial charge in [-0.15, -0.1) is 15.2 Å². The summed E-state index contributed by atoms with van der Waals surface area (Å²) in [7, 11) is -4.66. The Bertz CT molecular complexity index is 739. The molecular formula is C12H11FN2O3S2. The van der Waals surface area contributed by atoms with E-state index in [1.54, 1.807) is 0 Å². The number of benzene rings is 1. The van der Waals surface area contributed by atoms with Gasteiger partial charge in [0.2, 0.25) is 5.91 Å². The first-order valence-corrected chi connectivity index (χ1v) is 8.25. The van der Waals surface area contributed by atoms with Crippen LogP contribution in [0, 0.1) is 0 Å². The van der Waals surface area contributed by atoms with E-state index in [1.807, 2.05) is 24.3 Å². The molecule has 1 aliphatic heterocycles. The fourth-order valence-electron chi connectivity index (χ4n) is 2.23. The van der Waals surface area contributed by atoms with Crippen molar-refractivity contribution < 1.29 is 17.1 Å². The summed E-state index contributed by atoms with van der Waals surface area (Å²) in [5, 5.41) is -0.527. The molecule has 8 heteroatoms. The van der Waals surface area contributed by atoms with Gasteiger partial charge in [0.05, 0.1) is 16.8 Å². The van der Waals surface area contributed by atoms with E-state index in [0.717, 1.165) is 15.2 Å². The quantitative estimate of drug-likeness (QED) is 0.809. The number of thiazole rings is 1. The molecule has 1 atom stereocenters. The summed E-state index contributed by atoms with van der Waals surface area (Å²) in [4.78, 5) is 17.4. The molecule has 20 heavy (non-hydrogen) atoms. The average molecular weight is 314 g/mol. The smallest absolute Gasteiger partial charge is 0.307 e. The Morgan fingerprint density at radius 1 is 1.40 bits per heavy atom. The number of rotatable bonds is 3. The molecule has 1 saturated heterocycles. The van der Waals surface area contributed by atoms with Crippen LogP contribution in [0.2, 0.25) is 0 Å². The van der Waals surface area contributed by atoms with Crippen LogP contribution >= 0.6 is 11.3 Å². The van der Waals surface area contributed by atoms with Gasteiger partial charge < -0.3 is 4.90 Å². The lowest BCUT2D eigenvalue weighted by Crippen LogP contribution is -2.26. The second-order valence-electron chi connectivity index (χ2n) is 4.65. The average Bonchev–Trinajstić information content (AvgIpc) is 2.93. The molecule has 0 N–H and O–H groups in total. The summed E-state index contributed by atoms with van der Waals surface area (Å²) in [5.74, 6) is -0.351. The SMILES string of the molecule is O=C1CC(S(=O)(=O)F)CN1Cc1nc2ccccc2s1. The Labute approximate surface area is 119 Å². The summed E-state index contributed by atoms with van der Waals surface area (Å²) >= 11 is 1.45. The Balaban J connectivity index is 1.79. The molecule has 0 spiro atoms. The summed E-state index contributed by atoms with van der Waals surface area (Å²) in [6.45, 7) is 0.123. The number of hydrogen-bond donors (Lipinski definition) is 0. The van der Waals surface area contributed by atoms with Crippen LogP contribution in [0.25, 0.3) is 10.2 Å². The zero-order chi connectivity index (χ0) is 14.3. The third kappa shape index (κ3) is 2.53. The molecule has 1 aromatic heterocycles. The number of aromatic nitrogens is 1. The first-order chi connectivity index (χ1) is 9.43. The minimum Gasteiger partial charge on any atom is -0.334 e. The van der Waals surface area contributed by atoms with Gasteiger partial charge in [-0.05, 0) is 12.1 Å². The highest BCUT2D eigenvalue weighted by Gasteiger charge is 2.38. The van der Waals surface area contributed by atoms with Crippen molar-refractivity contribution in [2.75, 3.05) is 6.54 Å². The molecule has 2 heterocycles. The molecule has 2 aromatic rings. The Morgan fingerprint density at radius 2 is 2.15 bits per heavy atom. The first-order valence-electron chi connectivity index (χ1n) is 5.99. The van der Waals surface area contributed by atoms with E-state index in [-0.39, 0.29) is 25.4 Å². The lowest BCUT2D eigenvalue weighted by atomic mass is 10.3. The van der Waals surface area contributed by atoms with E-state index in [9.17, 15) is 17.1 Å². The lowest BCUT2D eigenvalue weighted by molar-refractivity contribution is -0.128. The molecule has 0 saturated carbocycles. The van der Waals surface area contributed by atoms with E-state index in [1.165, 1.54) is 16.2 Å². The van der Waals surface area contributed by atoms with Crippen LogP contribution in [-0.2, 0) is 21.6 Å². The summed E-state index contributed by atoms with van der Waals surface area (Å²) in [6, 6.07) is 7.57. The normalized spacial score (nSPS) is 19.9. The zero-order valence-electron chi connectivity index (χ0n) is 10.3. The highest BCUT2D eigenvalue weighted by molar-refractivity contribution is 7.87. The third-order valence-electron chi connectivity index (χ3n) is 3.24. The zero-order valence-corrected chi connectivity index (χ0v) is 12.0. The van der Waals surface area contributed by atoms with Crippen molar-refractivity contribution >= 4 is 37.7 Å². The number of amides is 1. The summed E-state index contributed by atoms with van der Waals surface area (Å²) in [6.07, 6.45) is -0.288. The van der Waals surface area contributed by atoms with Gasteiger partial charge in [-0.2, -0.15) is 8.42 Å². The molecule has 3 rings (SSSR count). The molecule has 106 valence electrons. The molecule has 0 bridgehead atoms. The standard InChI is InChI=1S/C12H11FN2O3S2/c13-20(17,18)8-5-12(16)15(6-8)7-11-14-9-3-1-2-4-10(9)19-11/h1-4,8H,5-7H2. The van der Waals surface area contributed by atoms with Crippen molar-refractivity contribution in [2.45, 2.75) is 18.2 Å². The van der Waals surface area contributed by atoms with E-state index in [2.05, 4.69) is 4.98 Å². The number of halogens is 1. The molecule has 1 amide bonds. The van der Waals surface area contributed by atoms with Gasteiger partial charge in [-0.1, -0.05) is 12.1 Å². The van der Waals surface area contributed by atoms with E-state index in [0.29, 0.717) is 0 Å². The number of carbonyl (C=O) groups excluding carboxylic acids is 1. The van der Waals surface area contributed by atoms with Gasteiger partial charge in [-0.3, -0.25) is 4.79 Å². The molecule has 1 aromatic carbocycles. The van der Waals surface area contributed by atoms with Crippen LogP contribution in [0.1, 0.15) is 11.4 Å². The molecule has 5 nitrogen and oxygen atoms in total. The van der Waals surface area contributed by atoms with Gasteiger partial charge in [0.25, 0.3) is 0 Å². The maximum atomic E-state index is 12.9. The summed E-state index contributed by atoms with van der Waals surface area (Å²) in [5.41, 5.74) is 0.841. The molecular weight excluding hydrogens is 303 g/mol. The van der Waals surface area contributed by atoms with Crippen LogP contribution in [-0.4, -0.2) is 36.0 Å². The van der Waals surface area contributed by atoms with E-state index < -0.39 is 15.5 Å². The number of likely N-dealkylation sites (tertiary alicyclic amines) is 1. The minimum atomic E-state index is -4.66. The molecule has 0 radical (unpaired) electrons. The van der Waals surface area contributed by atoms with Gasteiger partial charge in [0.15, 0.2) is 0 Å². The fourth-order valence-corrected chi connectivity index (χ4v) is 3.91. The van der Waals surface area contributed by atoms with Crippen LogP contribution < -0.4 is 0 Å². The Morgan fingerprint density at radius 3 is 2.80 bits per heavy atom. The number of para-hydroxylation sites is 1. The van der Waals surface area contributed by atoms with Gasteiger partial charge in [0, 0.05) is 13.0 Å². The monoisotopic (exact) mass is 314 g/mol. The number of hydrogen-bond acceptors (Lipinski definition) is 5. The number of carbonyl (C=O) groups is 1. The highest BCUT2D eigenvalue weighted by atomic mass is 32.3. The highest BCUT2D eigenvalue weighted by Crippen LogP contribution is 2.26. The largest absolute Gasteiger partial charge is 0.334 e. The Kier molecular flexibility index (Phi) is 3.21. The van der Waals surface area contributed by atoms with Crippen LogP contribution in [0.5, 0.6) is 0 Å². The maximum absolute atomic E-state index is 12.9. The van der Waals surface area contributed by atoms with E-state index >= 15 is 0 Å². The first kappa shape index (κ1) is 13.4. The number of nitrogens with zero attached hydrogens (tertiary/aromatic N) is 2. The molecule has 1 fully saturated rings. The van der Waals surface area contributed by atoms with Crippen molar-refractivity contribution in [2.24, 2.45) is 0 Å². The molecule has 1 aliphatic rings. The van der Waals surface area contributed by atoms with Crippen LogP contribution in [0.3, 0.4) is 0 Å². The Hall–Kier alpha value is -1.54. The van der Waals surface area contributed by atoms with Crippen LogP contribution in [0.4, 0.5) is 3.89 Å². The number of fused-ring (bicyclic) bond motifs is 1. The van der Waals surface area contributed by atoms with Crippen molar-refractivity contribution in [1.82, 2.24) is 9.88 Å². The second-order valence-corrected chi connectivity index (χ2v) is 7.38. The van der Waals surface area contributed by atoms with E-state index in [4.69, 9.17) is 0 Å². The van der Waals surface area contributed by atoms with Crippen LogP contribution in [0.15, 0.2) is 24.3 Å². The molecule has 1 unspecified atom stereocenters.